The molecule has 0 aliphatic carbocycles. The summed E-state index contributed by atoms with van der Waals surface area (Å²) < 4.78 is 11.7. The maximum absolute atomic E-state index is 10.9. The second kappa shape index (κ2) is 14.5. The Hall–Kier alpha value is -2.86. The molecule has 0 amide bonds. The van der Waals surface area contributed by atoms with Crippen molar-refractivity contribution in [2.24, 2.45) is 5.41 Å². The first-order valence-electron chi connectivity index (χ1n) is 14.2. The van der Waals surface area contributed by atoms with Gasteiger partial charge in [0.25, 0.3) is 0 Å². The molecule has 0 saturated carbocycles. The van der Waals surface area contributed by atoms with Crippen LogP contribution in [-0.2, 0) is 11.8 Å². The summed E-state index contributed by atoms with van der Waals surface area (Å²) in [7, 11) is 0. The summed E-state index contributed by atoms with van der Waals surface area (Å²) in [4.78, 5) is 0. The first-order chi connectivity index (χ1) is 18.7. The Morgan fingerprint density at radius 1 is 0.692 bits per heavy atom. The van der Waals surface area contributed by atoms with E-state index in [1.807, 2.05) is 42.5 Å². The first-order valence-corrected chi connectivity index (χ1v) is 14.2. The molecule has 39 heavy (non-hydrogen) atoms. The SMILES string of the molecule is CCCC(CCC)(c1ccc(OCC(O)CO)cc1)c1ccc(OCC(O)C(C)(C)Cc2ccccc2)cc1. The molecule has 5 heteroatoms. The molecule has 0 heterocycles. The van der Waals surface area contributed by atoms with Gasteiger partial charge in [-0.3, -0.25) is 0 Å². The topological polar surface area (TPSA) is 79.2 Å². The van der Waals surface area contributed by atoms with E-state index in [1.165, 1.54) is 16.7 Å². The third-order valence-electron chi connectivity index (χ3n) is 7.63. The first kappa shape index (κ1) is 30.7. The molecule has 0 bridgehead atoms. The number of rotatable bonds is 16. The van der Waals surface area contributed by atoms with E-state index in [9.17, 15) is 10.2 Å². The number of hydrogen-bond donors (Lipinski definition) is 3. The quantitative estimate of drug-likeness (QED) is 0.201. The zero-order valence-electron chi connectivity index (χ0n) is 24.0. The Morgan fingerprint density at radius 2 is 1.18 bits per heavy atom. The van der Waals surface area contributed by atoms with Crippen molar-refractivity contribution in [3.05, 3.63) is 95.6 Å². The zero-order valence-corrected chi connectivity index (χ0v) is 24.0. The van der Waals surface area contributed by atoms with Gasteiger partial charge < -0.3 is 24.8 Å². The fourth-order valence-corrected chi connectivity index (χ4v) is 5.35. The maximum atomic E-state index is 10.9. The van der Waals surface area contributed by atoms with Crippen LogP contribution in [0, 0.1) is 5.41 Å². The van der Waals surface area contributed by atoms with Crippen molar-refractivity contribution < 1.29 is 24.8 Å². The minimum Gasteiger partial charge on any atom is -0.491 e. The van der Waals surface area contributed by atoms with Crippen LogP contribution in [0.25, 0.3) is 0 Å². The van der Waals surface area contributed by atoms with E-state index in [2.05, 4.69) is 64.1 Å². The molecule has 2 unspecified atom stereocenters. The average molecular weight is 535 g/mol. The molecule has 0 radical (unpaired) electrons. The van der Waals surface area contributed by atoms with Crippen molar-refractivity contribution in [1.29, 1.82) is 0 Å². The van der Waals surface area contributed by atoms with Gasteiger partial charge in [0.15, 0.2) is 0 Å². The summed E-state index contributed by atoms with van der Waals surface area (Å²) in [6.45, 7) is 8.56. The lowest BCUT2D eigenvalue weighted by Crippen LogP contribution is -2.36. The summed E-state index contributed by atoms with van der Waals surface area (Å²) in [5, 5.41) is 29.5. The third-order valence-corrected chi connectivity index (χ3v) is 7.63. The lowest BCUT2D eigenvalue weighted by Gasteiger charge is -2.35. The Balaban J connectivity index is 1.73. The van der Waals surface area contributed by atoms with Crippen molar-refractivity contribution >= 4 is 0 Å². The van der Waals surface area contributed by atoms with Crippen molar-refractivity contribution in [3.8, 4) is 11.5 Å². The monoisotopic (exact) mass is 534 g/mol. The summed E-state index contributed by atoms with van der Waals surface area (Å²) in [5.41, 5.74) is 3.23. The van der Waals surface area contributed by atoms with E-state index in [0.717, 1.165) is 37.9 Å². The third kappa shape index (κ3) is 8.31. The van der Waals surface area contributed by atoms with Gasteiger partial charge in [-0.1, -0.05) is 95.1 Å². The average Bonchev–Trinajstić information content (AvgIpc) is 2.95. The molecular weight excluding hydrogens is 488 g/mol. The van der Waals surface area contributed by atoms with Crippen molar-refractivity contribution in [3.63, 3.8) is 0 Å². The Morgan fingerprint density at radius 3 is 1.64 bits per heavy atom. The molecule has 0 aliphatic rings. The Labute approximate surface area is 234 Å². The summed E-state index contributed by atoms with van der Waals surface area (Å²) in [5.74, 6) is 1.42. The van der Waals surface area contributed by atoms with Crippen LogP contribution in [0.4, 0.5) is 0 Å². The smallest absolute Gasteiger partial charge is 0.119 e. The molecule has 0 saturated heterocycles. The highest BCUT2D eigenvalue weighted by molar-refractivity contribution is 5.43. The molecule has 5 nitrogen and oxygen atoms in total. The molecule has 0 aromatic heterocycles. The largest absolute Gasteiger partial charge is 0.491 e. The van der Waals surface area contributed by atoms with Crippen LogP contribution >= 0.6 is 0 Å². The van der Waals surface area contributed by atoms with Gasteiger partial charge in [0.1, 0.15) is 30.8 Å². The molecule has 212 valence electrons. The van der Waals surface area contributed by atoms with Gasteiger partial charge in [0.05, 0.1) is 12.7 Å². The number of aliphatic hydroxyl groups excluding tert-OH is 3. The number of aliphatic hydroxyl groups is 3. The molecule has 3 N–H and O–H groups in total. The van der Waals surface area contributed by atoms with Gasteiger partial charge in [-0.15, -0.1) is 0 Å². The van der Waals surface area contributed by atoms with Gasteiger partial charge in [-0.2, -0.15) is 0 Å². The van der Waals surface area contributed by atoms with E-state index in [1.54, 1.807) is 0 Å². The number of hydrogen-bond acceptors (Lipinski definition) is 5. The van der Waals surface area contributed by atoms with Crippen LogP contribution in [-0.4, -0.2) is 47.3 Å². The predicted molar refractivity (Wildman–Crippen MR) is 157 cm³/mol. The second-order valence-electron chi connectivity index (χ2n) is 11.3. The fraction of sp³-hybridized carbons (Fsp3) is 0.471. The van der Waals surface area contributed by atoms with Crippen LogP contribution in [0.1, 0.15) is 70.1 Å². The zero-order chi connectivity index (χ0) is 28.3. The summed E-state index contributed by atoms with van der Waals surface area (Å²) in [6.07, 6.45) is 3.40. The summed E-state index contributed by atoms with van der Waals surface area (Å²) in [6, 6.07) is 26.7. The Bertz CT molecular complexity index is 1090. The van der Waals surface area contributed by atoms with E-state index < -0.39 is 12.2 Å². The Kier molecular flexibility index (Phi) is 11.4. The fourth-order valence-electron chi connectivity index (χ4n) is 5.35. The molecule has 2 atom stereocenters. The molecule has 3 aromatic rings. The van der Waals surface area contributed by atoms with Crippen LogP contribution in [0.15, 0.2) is 78.9 Å². The molecule has 3 aromatic carbocycles. The maximum Gasteiger partial charge on any atom is 0.119 e. The molecular formula is C34H46O5. The second-order valence-corrected chi connectivity index (χ2v) is 11.3. The molecule has 0 spiro atoms. The van der Waals surface area contributed by atoms with Gasteiger partial charge in [0, 0.05) is 5.41 Å². The van der Waals surface area contributed by atoms with Crippen LogP contribution < -0.4 is 9.47 Å². The van der Waals surface area contributed by atoms with Gasteiger partial charge >= 0.3 is 0 Å². The molecule has 3 rings (SSSR count). The highest BCUT2D eigenvalue weighted by Crippen LogP contribution is 2.42. The summed E-state index contributed by atoms with van der Waals surface area (Å²) >= 11 is 0. The molecule has 0 fully saturated rings. The number of ether oxygens (including phenoxy) is 2. The van der Waals surface area contributed by atoms with E-state index in [-0.39, 0.29) is 30.7 Å². The lowest BCUT2D eigenvalue weighted by molar-refractivity contribution is 0.0118. The van der Waals surface area contributed by atoms with Crippen LogP contribution in [0.3, 0.4) is 0 Å². The van der Waals surface area contributed by atoms with Crippen LogP contribution in [0.5, 0.6) is 11.5 Å². The normalized spacial score (nSPS) is 13.6. The van der Waals surface area contributed by atoms with E-state index in [0.29, 0.717) is 5.75 Å². The highest BCUT2D eigenvalue weighted by Gasteiger charge is 2.33. The standard InChI is InChI=1S/C34H46O5/c1-5-20-34(21-6-2,27-12-16-30(17-13-27)38-24-29(36)23-35)28-14-18-31(19-15-28)39-25-32(37)33(3,4)22-26-10-8-7-9-11-26/h7-19,29,32,35-37H,5-6,20-25H2,1-4H3. The number of benzene rings is 3. The van der Waals surface area contributed by atoms with E-state index >= 15 is 0 Å². The van der Waals surface area contributed by atoms with E-state index in [4.69, 9.17) is 14.6 Å². The van der Waals surface area contributed by atoms with Crippen molar-refractivity contribution in [2.45, 2.75) is 77.4 Å². The minimum absolute atomic E-state index is 0.0600. The minimum atomic E-state index is -0.888. The predicted octanol–water partition coefficient (Wildman–Crippen LogP) is 6.31. The highest BCUT2D eigenvalue weighted by atomic mass is 16.5. The lowest BCUT2D eigenvalue weighted by atomic mass is 9.68. The molecule has 0 aliphatic heterocycles. The van der Waals surface area contributed by atoms with Crippen LogP contribution in [0.2, 0.25) is 0 Å². The van der Waals surface area contributed by atoms with Gasteiger partial charge in [0.2, 0.25) is 0 Å². The van der Waals surface area contributed by atoms with Gasteiger partial charge in [-0.25, -0.2) is 0 Å². The van der Waals surface area contributed by atoms with Crippen molar-refractivity contribution in [1.82, 2.24) is 0 Å². The van der Waals surface area contributed by atoms with Crippen molar-refractivity contribution in [2.75, 3.05) is 19.8 Å². The van der Waals surface area contributed by atoms with Gasteiger partial charge in [-0.05, 0) is 65.6 Å².